The molecule has 176 valence electrons. The Balaban J connectivity index is 0.00000176. The Morgan fingerprint density at radius 1 is 1.09 bits per heavy atom. The van der Waals surface area contributed by atoms with E-state index in [4.69, 9.17) is 0 Å². The zero-order valence-electron chi connectivity index (χ0n) is 21.7. The number of benzene rings is 1. The van der Waals surface area contributed by atoms with E-state index in [1.165, 1.54) is 53.6 Å². The molecule has 3 rings (SSSR count). The van der Waals surface area contributed by atoms with Crippen LogP contribution in [0.5, 0.6) is 0 Å². The molecule has 2 nitrogen and oxygen atoms in total. The van der Waals surface area contributed by atoms with E-state index in [9.17, 15) is 0 Å². The van der Waals surface area contributed by atoms with E-state index in [0.29, 0.717) is 0 Å². The highest BCUT2D eigenvalue weighted by atomic mass is 15.2. The number of fused-ring (bicyclic) bond motifs is 1. The molecule has 1 aromatic rings. The van der Waals surface area contributed by atoms with Crippen molar-refractivity contribution in [2.24, 2.45) is 0 Å². The maximum absolute atomic E-state index is 4.52. The molecule has 0 saturated heterocycles. The summed E-state index contributed by atoms with van der Waals surface area (Å²) in [4.78, 5) is 2.41. The van der Waals surface area contributed by atoms with Crippen LogP contribution in [-0.4, -0.2) is 12.1 Å². The van der Waals surface area contributed by atoms with Crippen molar-refractivity contribution in [3.8, 4) is 0 Å². The molecule has 0 bridgehead atoms. The molecule has 1 N–H and O–H groups in total. The monoisotopic (exact) mass is 434 g/mol. The van der Waals surface area contributed by atoms with Crippen molar-refractivity contribution in [1.29, 1.82) is 0 Å². The second-order valence-corrected chi connectivity index (χ2v) is 9.02. The van der Waals surface area contributed by atoms with Gasteiger partial charge in [-0.15, -0.1) is 0 Å². The van der Waals surface area contributed by atoms with E-state index >= 15 is 0 Å². The molecular weight excluding hydrogens is 388 g/mol. The number of aryl methyl sites for hydroxylation is 1. The Hall–Kier alpha value is -2.22. The molecule has 1 fully saturated rings. The van der Waals surface area contributed by atoms with Crippen LogP contribution >= 0.6 is 0 Å². The van der Waals surface area contributed by atoms with Gasteiger partial charge in [0.1, 0.15) is 0 Å². The topological polar surface area (TPSA) is 15.3 Å². The van der Waals surface area contributed by atoms with Crippen LogP contribution in [0, 0.1) is 0 Å². The van der Waals surface area contributed by atoms with E-state index in [1.807, 2.05) is 13.8 Å². The van der Waals surface area contributed by atoms with Crippen molar-refractivity contribution >= 4 is 11.8 Å². The molecule has 0 atom stereocenters. The molecule has 0 unspecified atom stereocenters. The maximum atomic E-state index is 4.52. The molecule has 1 aliphatic carbocycles. The first-order chi connectivity index (χ1) is 15.4. The van der Waals surface area contributed by atoms with Crippen LogP contribution in [0.15, 0.2) is 54.4 Å². The molecule has 32 heavy (non-hydrogen) atoms. The molecule has 0 spiro atoms. The number of nitrogens with one attached hydrogen (secondary N) is 1. The maximum Gasteiger partial charge on any atom is 0.0580 e. The largest absolute Gasteiger partial charge is 0.376 e. The molecule has 2 aliphatic rings. The third-order valence-electron chi connectivity index (χ3n) is 7.08. The summed E-state index contributed by atoms with van der Waals surface area (Å²) in [6.07, 6.45) is 11.7. The normalized spacial score (nSPS) is 16.6. The van der Waals surface area contributed by atoms with Crippen LogP contribution in [-0.2, 0) is 12.8 Å². The van der Waals surface area contributed by atoms with E-state index in [-0.39, 0.29) is 5.54 Å². The third kappa shape index (κ3) is 5.05. The van der Waals surface area contributed by atoms with Crippen LogP contribution in [0.1, 0.15) is 96.8 Å². The zero-order valence-corrected chi connectivity index (χ0v) is 21.7. The predicted octanol–water partition coefficient (Wildman–Crippen LogP) is 8.35. The van der Waals surface area contributed by atoms with Crippen LogP contribution in [0.25, 0.3) is 6.08 Å². The summed E-state index contributed by atoms with van der Waals surface area (Å²) in [5.74, 6) is 0. The van der Waals surface area contributed by atoms with Crippen molar-refractivity contribution in [2.75, 3.05) is 11.4 Å². The van der Waals surface area contributed by atoms with Gasteiger partial charge in [-0.3, -0.25) is 0 Å². The van der Waals surface area contributed by atoms with Crippen LogP contribution < -0.4 is 10.2 Å². The smallest absolute Gasteiger partial charge is 0.0580 e. The molecule has 1 aromatic carbocycles. The molecule has 2 heteroatoms. The lowest BCUT2D eigenvalue weighted by atomic mass is 9.87. The molecule has 1 heterocycles. The highest BCUT2D eigenvalue weighted by Crippen LogP contribution is 2.42. The zero-order chi connectivity index (χ0) is 23.9. The quantitative estimate of drug-likeness (QED) is 0.393. The summed E-state index contributed by atoms with van der Waals surface area (Å²) in [6, 6.07) is 4.61. The summed E-state index contributed by atoms with van der Waals surface area (Å²) in [5.41, 5.74) is 9.98. The van der Waals surface area contributed by atoms with Gasteiger partial charge in [0, 0.05) is 23.5 Å². The molecular formula is C30H46N2. The molecule has 0 aromatic heterocycles. The van der Waals surface area contributed by atoms with Crippen molar-refractivity contribution in [3.05, 3.63) is 71.1 Å². The summed E-state index contributed by atoms with van der Waals surface area (Å²) < 4.78 is 0. The van der Waals surface area contributed by atoms with Gasteiger partial charge < -0.3 is 10.2 Å². The predicted molar refractivity (Wildman–Crippen MR) is 144 cm³/mol. The van der Waals surface area contributed by atoms with Crippen LogP contribution in [0.3, 0.4) is 0 Å². The van der Waals surface area contributed by atoms with Crippen molar-refractivity contribution < 1.29 is 0 Å². The Bertz CT molecular complexity index is 865. The highest BCUT2D eigenvalue weighted by molar-refractivity contribution is 5.84. The Labute approximate surface area is 198 Å². The number of rotatable bonds is 9. The average molecular weight is 435 g/mol. The lowest BCUT2D eigenvalue weighted by Gasteiger charge is -2.39. The number of hydrogen-bond acceptors (Lipinski definition) is 2. The molecule has 1 saturated carbocycles. The Morgan fingerprint density at radius 2 is 1.75 bits per heavy atom. The fourth-order valence-electron chi connectivity index (χ4n) is 5.22. The molecule has 0 radical (unpaired) electrons. The molecule has 1 aliphatic heterocycles. The second-order valence-electron chi connectivity index (χ2n) is 9.02. The third-order valence-corrected chi connectivity index (χ3v) is 7.08. The minimum absolute atomic E-state index is 0.0200. The standard InChI is InChI=1S/C28H40N2.C2H6/c1-8-11-14-25-23(9-2)15-16-24-19-26(22(7)30(10-3)27(24)25)21(6)29-28(20(4)5)17-12-13-18-28;1-2/h15-16,19,29H,4,6-14,17-18H2,1-3,5H3;1-2H3. The van der Waals surface area contributed by atoms with Crippen molar-refractivity contribution in [2.45, 2.75) is 98.4 Å². The van der Waals surface area contributed by atoms with Gasteiger partial charge in [-0.05, 0) is 68.7 Å². The van der Waals surface area contributed by atoms with Crippen LogP contribution in [0.4, 0.5) is 5.69 Å². The number of nitrogens with zero attached hydrogens (tertiary/aromatic N) is 1. The summed E-state index contributed by atoms with van der Waals surface area (Å²) >= 11 is 0. The van der Waals surface area contributed by atoms with Gasteiger partial charge in [0.05, 0.1) is 11.2 Å². The highest BCUT2D eigenvalue weighted by Gasteiger charge is 2.36. The van der Waals surface area contributed by atoms with Gasteiger partial charge in [0.2, 0.25) is 0 Å². The van der Waals surface area contributed by atoms with E-state index in [2.05, 4.69) is 75.9 Å². The minimum Gasteiger partial charge on any atom is -0.376 e. The Kier molecular flexibility index (Phi) is 9.43. The fraction of sp³-hybridized carbons (Fsp3) is 0.533. The van der Waals surface area contributed by atoms with Gasteiger partial charge in [-0.25, -0.2) is 0 Å². The Morgan fingerprint density at radius 3 is 2.28 bits per heavy atom. The summed E-state index contributed by atoms with van der Waals surface area (Å²) in [7, 11) is 0. The van der Waals surface area contributed by atoms with Crippen molar-refractivity contribution in [3.63, 3.8) is 0 Å². The van der Waals surface area contributed by atoms with Crippen molar-refractivity contribution in [1.82, 2.24) is 5.32 Å². The van der Waals surface area contributed by atoms with E-state index in [0.717, 1.165) is 49.2 Å². The number of hydrogen-bond donors (Lipinski definition) is 1. The van der Waals surface area contributed by atoms with Gasteiger partial charge in [-0.2, -0.15) is 0 Å². The minimum atomic E-state index is -0.0200. The fourth-order valence-corrected chi connectivity index (χ4v) is 5.22. The van der Waals surface area contributed by atoms with E-state index in [1.54, 1.807) is 0 Å². The second kappa shape index (κ2) is 11.6. The van der Waals surface area contributed by atoms with Gasteiger partial charge in [-0.1, -0.05) is 84.4 Å². The first-order valence-electron chi connectivity index (χ1n) is 12.8. The number of unbranched alkanes of at least 4 members (excludes halogenated alkanes) is 1. The lowest BCUT2D eigenvalue weighted by molar-refractivity contribution is 0.433. The van der Waals surface area contributed by atoms with Crippen LogP contribution in [0.2, 0.25) is 0 Å². The SMILES string of the molecule is C=C(NC1(C(=C)C)CCCC1)C1=Cc2ccc(CC)c(CCCC)c2N(CC)C1=C.CC. The first-order valence-corrected chi connectivity index (χ1v) is 12.8. The average Bonchev–Trinajstić information content (AvgIpc) is 3.28. The first kappa shape index (κ1) is 26.0. The van der Waals surface area contributed by atoms with Gasteiger partial charge >= 0.3 is 0 Å². The summed E-state index contributed by atoms with van der Waals surface area (Å²) in [5, 5.41) is 3.79. The molecule has 0 amide bonds. The number of anilines is 1. The van der Waals surface area contributed by atoms with Gasteiger partial charge in [0.25, 0.3) is 0 Å². The van der Waals surface area contributed by atoms with E-state index < -0.39 is 0 Å². The number of likely N-dealkylation sites (N-methyl/N-ethyl adjacent to an activating group) is 1. The lowest BCUT2D eigenvalue weighted by Crippen LogP contribution is -2.43. The summed E-state index contributed by atoms with van der Waals surface area (Å²) in [6.45, 7) is 27.1. The van der Waals surface area contributed by atoms with Gasteiger partial charge in [0.15, 0.2) is 0 Å².